The van der Waals surface area contributed by atoms with Crippen molar-refractivity contribution in [1.82, 2.24) is 0 Å². The van der Waals surface area contributed by atoms with Crippen LogP contribution in [0.3, 0.4) is 0 Å². The number of ether oxygens (including phenoxy) is 1. The van der Waals surface area contributed by atoms with Crippen LogP contribution in [0.5, 0.6) is 5.75 Å². The number of benzene rings is 1. The van der Waals surface area contributed by atoms with Gasteiger partial charge in [0.15, 0.2) is 12.4 Å². The molecule has 1 aromatic carbocycles. The number of carbonyl (C=O) groups is 2. The summed E-state index contributed by atoms with van der Waals surface area (Å²) >= 11 is 0. The number of carbonyl (C=O) groups excluding carboxylic acids is 2. The number of amides is 2. The fourth-order valence-electron chi connectivity index (χ4n) is 1.31. The Bertz CT molecular complexity index is 420. The van der Waals surface area contributed by atoms with Crippen LogP contribution in [-0.4, -0.2) is 18.4 Å². The number of nitrogens with one attached hydrogen (secondary N) is 1. The molecule has 0 radical (unpaired) electrons. The highest BCUT2D eigenvalue weighted by Gasteiger charge is 2.20. The second kappa shape index (κ2) is 4.18. The predicted molar refractivity (Wildman–Crippen MR) is 56.3 cm³/mol. The molecular formula is C9H9ClN2O3. The van der Waals surface area contributed by atoms with Crippen LogP contribution < -0.4 is 15.8 Å². The number of anilines is 1. The summed E-state index contributed by atoms with van der Waals surface area (Å²) in [6.45, 7) is -0.0860. The highest BCUT2D eigenvalue weighted by molar-refractivity contribution is 6.02. The molecular weight excluding hydrogens is 220 g/mol. The molecule has 1 heterocycles. The van der Waals surface area contributed by atoms with Crippen molar-refractivity contribution < 1.29 is 14.3 Å². The van der Waals surface area contributed by atoms with Gasteiger partial charge in [-0.15, -0.1) is 12.4 Å². The fraction of sp³-hybridized carbons (Fsp3) is 0.111. The maximum atomic E-state index is 11.0. The molecule has 2 rings (SSSR count). The standard InChI is InChI=1S/C9H8N2O3.ClH/c10-9(13)5-2-1-3-6-8(5)14-4-7(12)11-6;/h1-3H,4H2,(H2,10,13)(H,11,12);1H. The van der Waals surface area contributed by atoms with Crippen molar-refractivity contribution >= 4 is 29.9 Å². The Balaban J connectivity index is 0.00000112. The molecule has 15 heavy (non-hydrogen) atoms. The fourth-order valence-corrected chi connectivity index (χ4v) is 1.31. The third-order valence-corrected chi connectivity index (χ3v) is 1.90. The van der Waals surface area contributed by atoms with Gasteiger partial charge in [0.25, 0.3) is 11.8 Å². The van der Waals surface area contributed by atoms with E-state index in [0.29, 0.717) is 11.4 Å². The van der Waals surface area contributed by atoms with Gasteiger partial charge < -0.3 is 15.8 Å². The molecule has 2 amide bonds. The number of primary amides is 1. The van der Waals surface area contributed by atoms with Crippen molar-refractivity contribution in [2.75, 3.05) is 11.9 Å². The lowest BCUT2D eigenvalue weighted by Crippen LogP contribution is -2.27. The van der Waals surface area contributed by atoms with Gasteiger partial charge in [-0.25, -0.2) is 0 Å². The van der Waals surface area contributed by atoms with E-state index in [1.165, 1.54) is 0 Å². The molecule has 1 aliphatic heterocycles. The summed E-state index contributed by atoms with van der Waals surface area (Å²) in [7, 11) is 0. The molecule has 0 unspecified atom stereocenters. The lowest BCUT2D eigenvalue weighted by Gasteiger charge is -2.19. The highest BCUT2D eigenvalue weighted by atomic mass is 35.5. The van der Waals surface area contributed by atoms with Gasteiger partial charge in [-0.05, 0) is 12.1 Å². The zero-order valence-corrected chi connectivity index (χ0v) is 8.47. The molecule has 5 nitrogen and oxygen atoms in total. The minimum absolute atomic E-state index is 0. The van der Waals surface area contributed by atoms with E-state index in [2.05, 4.69) is 5.32 Å². The molecule has 0 saturated heterocycles. The minimum Gasteiger partial charge on any atom is -0.481 e. The summed E-state index contributed by atoms with van der Waals surface area (Å²) in [6.07, 6.45) is 0. The summed E-state index contributed by atoms with van der Waals surface area (Å²) in [6, 6.07) is 4.84. The Morgan fingerprint density at radius 2 is 2.20 bits per heavy atom. The Labute approximate surface area is 92.0 Å². The van der Waals surface area contributed by atoms with Gasteiger partial charge in [0.1, 0.15) is 0 Å². The summed E-state index contributed by atoms with van der Waals surface area (Å²) in [5.41, 5.74) is 5.90. The van der Waals surface area contributed by atoms with Crippen LogP contribution in [0.25, 0.3) is 0 Å². The largest absolute Gasteiger partial charge is 0.481 e. The third-order valence-electron chi connectivity index (χ3n) is 1.90. The molecule has 0 spiro atoms. The van der Waals surface area contributed by atoms with E-state index in [4.69, 9.17) is 10.5 Å². The van der Waals surface area contributed by atoms with E-state index in [-0.39, 0.29) is 30.5 Å². The van der Waals surface area contributed by atoms with Crippen molar-refractivity contribution in [2.24, 2.45) is 5.73 Å². The van der Waals surface area contributed by atoms with Crippen molar-refractivity contribution in [3.63, 3.8) is 0 Å². The Morgan fingerprint density at radius 1 is 1.47 bits per heavy atom. The van der Waals surface area contributed by atoms with Crippen LogP contribution in [0.15, 0.2) is 18.2 Å². The van der Waals surface area contributed by atoms with Gasteiger partial charge in [0.05, 0.1) is 11.3 Å². The van der Waals surface area contributed by atoms with Gasteiger partial charge in [0.2, 0.25) is 0 Å². The maximum Gasteiger partial charge on any atom is 0.262 e. The van der Waals surface area contributed by atoms with Crippen molar-refractivity contribution in [1.29, 1.82) is 0 Å². The lowest BCUT2D eigenvalue weighted by molar-refractivity contribution is -0.118. The zero-order valence-electron chi connectivity index (χ0n) is 7.65. The minimum atomic E-state index is -0.571. The van der Waals surface area contributed by atoms with E-state index in [9.17, 15) is 9.59 Å². The van der Waals surface area contributed by atoms with Crippen molar-refractivity contribution in [3.05, 3.63) is 23.8 Å². The average Bonchev–Trinajstić information content (AvgIpc) is 2.16. The molecule has 0 fully saturated rings. The second-order valence-corrected chi connectivity index (χ2v) is 2.88. The van der Waals surface area contributed by atoms with Crippen LogP contribution in [-0.2, 0) is 4.79 Å². The van der Waals surface area contributed by atoms with Crippen LogP contribution in [0, 0.1) is 0 Å². The van der Waals surface area contributed by atoms with Gasteiger partial charge in [-0.2, -0.15) is 0 Å². The van der Waals surface area contributed by atoms with Crippen molar-refractivity contribution in [2.45, 2.75) is 0 Å². The lowest BCUT2D eigenvalue weighted by atomic mass is 10.1. The number of rotatable bonds is 1. The number of fused-ring (bicyclic) bond motifs is 1. The molecule has 0 saturated carbocycles. The summed E-state index contributed by atoms with van der Waals surface area (Å²) < 4.78 is 5.12. The third kappa shape index (κ3) is 2.02. The quantitative estimate of drug-likeness (QED) is 0.736. The molecule has 3 N–H and O–H groups in total. The Morgan fingerprint density at radius 3 is 2.87 bits per heavy atom. The molecule has 1 aliphatic rings. The smallest absolute Gasteiger partial charge is 0.262 e. The first-order valence-electron chi connectivity index (χ1n) is 4.04. The Kier molecular flexibility index (Phi) is 3.16. The average molecular weight is 229 g/mol. The molecule has 0 aromatic heterocycles. The number of para-hydroxylation sites is 1. The second-order valence-electron chi connectivity index (χ2n) is 2.88. The van der Waals surface area contributed by atoms with E-state index < -0.39 is 5.91 Å². The normalized spacial score (nSPS) is 12.9. The maximum absolute atomic E-state index is 11.0. The number of hydrogen-bond donors (Lipinski definition) is 2. The first-order chi connectivity index (χ1) is 6.68. The van der Waals surface area contributed by atoms with E-state index in [1.807, 2.05) is 0 Å². The molecule has 6 heteroatoms. The number of hydrogen-bond acceptors (Lipinski definition) is 3. The van der Waals surface area contributed by atoms with Crippen LogP contribution in [0.1, 0.15) is 10.4 Å². The number of halogens is 1. The van der Waals surface area contributed by atoms with E-state index in [0.717, 1.165) is 0 Å². The van der Waals surface area contributed by atoms with Crippen molar-refractivity contribution in [3.8, 4) is 5.75 Å². The van der Waals surface area contributed by atoms with E-state index in [1.54, 1.807) is 18.2 Å². The number of nitrogens with two attached hydrogens (primary N) is 1. The topological polar surface area (TPSA) is 81.4 Å². The Hall–Kier alpha value is -1.75. The monoisotopic (exact) mass is 228 g/mol. The molecule has 0 atom stereocenters. The molecule has 0 aliphatic carbocycles. The molecule has 80 valence electrons. The van der Waals surface area contributed by atoms with Gasteiger partial charge in [0, 0.05) is 0 Å². The summed E-state index contributed by atoms with van der Waals surface area (Å²) in [4.78, 5) is 21.9. The highest BCUT2D eigenvalue weighted by Crippen LogP contribution is 2.30. The van der Waals surface area contributed by atoms with Crippen LogP contribution in [0.4, 0.5) is 5.69 Å². The predicted octanol–water partition coefficient (Wildman–Crippen LogP) is 0.538. The first kappa shape index (κ1) is 11.3. The van der Waals surface area contributed by atoms with Crippen LogP contribution >= 0.6 is 12.4 Å². The first-order valence-corrected chi connectivity index (χ1v) is 4.04. The van der Waals surface area contributed by atoms with Gasteiger partial charge in [-0.1, -0.05) is 6.07 Å². The zero-order chi connectivity index (χ0) is 10.1. The SMILES string of the molecule is Cl.NC(=O)c1cccc2c1OCC(=O)N2. The van der Waals surface area contributed by atoms with Gasteiger partial charge in [-0.3, -0.25) is 9.59 Å². The van der Waals surface area contributed by atoms with E-state index >= 15 is 0 Å². The summed E-state index contributed by atoms with van der Waals surface area (Å²) in [5.74, 6) is -0.461. The van der Waals surface area contributed by atoms with Crippen LogP contribution in [0.2, 0.25) is 0 Å². The molecule has 1 aromatic rings. The van der Waals surface area contributed by atoms with Gasteiger partial charge >= 0.3 is 0 Å². The summed E-state index contributed by atoms with van der Waals surface area (Å²) in [5, 5.41) is 2.58. The molecule has 0 bridgehead atoms.